The Morgan fingerprint density at radius 3 is 1.72 bits per heavy atom. The number of aromatic amines is 1. The summed E-state index contributed by atoms with van der Waals surface area (Å²) in [4.78, 5) is 57.1. The monoisotopic (exact) mass is 1100 g/mol. The standard InChI is InChI=1S/C38H34N2O5.C32H32N4O2/c1-25-11-13-26(14-12-25)15-16-27-17-19-28(20-18-27)21-40-36(37(41)43-2)33-22-39(23-35(33)45-40)38(42)44-24-34-31-9-5-3-7-29(31)30-8-4-6-10-32(30)34;1-22-6-8-23(9-7-22)10-11-24-12-14-25(15-13-24)21-36-31(28-19-33-20-30(28)38-36)32(37)34-17-16-26-18-35-29-5-3-2-4-27(26)29/h3-14,17-20,33-36H,21-24H2,1-2H3;2-9,12-15,18,28,30-31,33,35H,16-17,19-21H2,1H3,(H,34,37)/t33-,35?,36?;/m1./s1. The van der Waals surface area contributed by atoms with E-state index in [1.807, 2.05) is 120 Å². The van der Waals surface area contributed by atoms with Gasteiger partial charge in [0.2, 0.25) is 5.91 Å². The van der Waals surface area contributed by atoms with E-state index in [1.54, 1.807) is 9.96 Å². The van der Waals surface area contributed by atoms with Crippen molar-refractivity contribution in [2.45, 2.75) is 63.6 Å². The van der Waals surface area contributed by atoms with Crippen LogP contribution in [0.15, 0.2) is 176 Å². The number of likely N-dealkylation sites (tertiary alicyclic amines) is 1. The Kier molecular flexibility index (Phi) is 16.3. The van der Waals surface area contributed by atoms with Gasteiger partial charge < -0.3 is 30.0 Å². The molecule has 418 valence electrons. The Balaban J connectivity index is 0.000000166. The van der Waals surface area contributed by atoms with Gasteiger partial charge in [-0.25, -0.2) is 4.79 Å². The van der Waals surface area contributed by atoms with Gasteiger partial charge in [0.25, 0.3) is 0 Å². The van der Waals surface area contributed by atoms with E-state index in [4.69, 9.17) is 19.1 Å². The van der Waals surface area contributed by atoms with E-state index in [9.17, 15) is 14.4 Å². The Morgan fingerprint density at radius 2 is 1.13 bits per heavy atom. The van der Waals surface area contributed by atoms with Crippen molar-refractivity contribution in [1.82, 2.24) is 30.6 Å². The van der Waals surface area contributed by atoms with Crippen LogP contribution in [-0.2, 0) is 48.2 Å². The Morgan fingerprint density at radius 1 is 0.602 bits per heavy atom. The van der Waals surface area contributed by atoms with E-state index in [1.165, 1.54) is 51.4 Å². The molecule has 5 unspecified atom stereocenters. The molecule has 0 radical (unpaired) electrons. The first-order chi connectivity index (χ1) is 40.6. The number of carbonyl (C=O) groups is 3. The number of H-pyrrole nitrogens is 1. The first-order valence-electron chi connectivity index (χ1n) is 28.6. The highest BCUT2D eigenvalue weighted by atomic mass is 16.7. The van der Waals surface area contributed by atoms with E-state index in [-0.39, 0.29) is 54.5 Å². The van der Waals surface area contributed by atoms with Crippen LogP contribution in [0, 0.1) is 49.4 Å². The molecule has 83 heavy (non-hydrogen) atoms. The lowest BCUT2D eigenvalue weighted by molar-refractivity contribution is -0.186. The average Bonchev–Trinajstić information content (AvgIpc) is 4.52. The largest absolute Gasteiger partial charge is 0.468 e. The minimum Gasteiger partial charge on any atom is -0.468 e. The van der Waals surface area contributed by atoms with Gasteiger partial charge in [0, 0.05) is 83.3 Å². The molecule has 4 fully saturated rings. The second-order valence-corrected chi connectivity index (χ2v) is 22.1. The number of amides is 2. The minimum atomic E-state index is -0.632. The summed E-state index contributed by atoms with van der Waals surface area (Å²) in [6.45, 7) is 8.18. The second kappa shape index (κ2) is 24.7. The third kappa shape index (κ3) is 12.2. The van der Waals surface area contributed by atoms with Crippen LogP contribution < -0.4 is 10.6 Å². The van der Waals surface area contributed by atoms with Crippen LogP contribution >= 0.6 is 0 Å². The van der Waals surface area contributed by atoms with Gasteiger partial charge in [-0.3, -0.25) is 19.3 Å². The molecule has 5 heterocycles. The van der Waals surface area contributed by atoms with E-state index in [0.29, 0.717) is 32.7 Å². The summed E-state index contributed by atoms with van der Waals surface area (Å²) >= 11 is 0. The third-order valence-corrected chi connectivity index (χ3v) is 16.5. The molecule has 0 saturated carbocycles. The number of carbonyl (C=O) groups excluding carboxylic acids is 3. The molecule has 13 rings (SSSR count). The van der Waals surface area contributed by atoms with Crippen molar-refractivity contribution in [2.75, 3.05) is 46.4 Å². The smallest absolute Gasteiger partial charge is 0.409 e. The molecule has 1 aliphatic carbocycles. The molecule has 5 aliphatic rings. The summed E-state index contributed by atoms with van der Waals surface area (Å²) in [6.07, 6.45) is 2.12. The van der Waals surface area contributed by atoms with Crippen LogP contribution in [0.25, 0.3) is 22.0 Å². The maximum Gasteiger partial charge on any atom is 0.409 e. The first-order valence-corrected chi connectivity index (χ1v) is 28.6. The van der Waals surface area contributed by atoms with Crippen LogP contribution in [0.2, 0.25) is 0 Å². The summed E-state index contributed by atoms with van der Waals surface area (Å²) in [5, 5.41) is 11.3. The van der Waals surface area contributed by atoms with Crippen LogP contribution in [0.5, 0.6) is 0 Å². The maximum atomic E-state index is 13.4. The predicted molar refractivity (Wildman–Crippen MR) is 319 cm³/mol. The van der Waals surface area contributed by atoms with Crippen molar-refractivity contribution in [2.24, 2.45) is 11.8 Å². The van der Waals surface area contributed by atoms with Gasteiger partial charge in [0.15, 0.2) is 0 Å². The molecule has 8 aromatic rings. The van der Waals surface area contributed by atoms with E-state index < -0.39 is 12.1 Å². The number of nitrogens with zero attached hydrogens (tertiary/aromatic N) is 3. The van der Waals surface area contributed by atoms with Gasteiger partial charge in [0.1, 0.15) is 24.8 Å². The number of fused-ring (bicyclic) bond motifs is 6. The van der Waals surface area contributed by atoms with Crippen LogP contribution in [0.1, 0.15) is 67.1 Å². The van der Waals surface area contributed by atoms with Gasteiger partial charge in [0.05, 0.1) is 32.8 Å². The maximum absolute atomic E-state index is 13.4. The third-order valence-electron chi connectivity index (χ3n) is 16.5. The molecule has 3 N–H and O–H groups in total. The van der Waals surface area contributed by atoms with Crippen molar-refractivity contribution in [3.05, 3.63) is 237 Å². The summed E-state index contributed by atoms with van der Waals surface area (Å²) in [7, 11) is 1.38. The molecule has 4 saturated heterocycles. The fraction of sp³-hybridized carbons (Fsp3) is 0.271. The number of esters is 1. The van der Waals surface area contributed by atoms with Crippen molar-refractivity contribution in [1.29, 1.82) is 0 Å². The fourth-order valence-corrected chi connectivity index (χ4v) is 12.1. The van der Waals surface area contributed by atoms with Crippen molar-refractivity contribution >= 4 is 28.9 Å². The number of aryl methyl sites for hydroxylation is 2. The van der Waals surface area contributed by atoms with Crippen LogP contribution in [0.3, 0.4) is 0 Å². The van der Waals surface area contributed by atoms with Crippen LogP contribution in [0.4, 0.5) is 4.79 Å². The zero-order valence-electron chi connectivity index (χ0n) is 46.8. The first kappa shape index (κ1) is 54.8. The number of para-hydroxylation sites is 1. The van der Waals surface area contributed by atoms with Gasteiger partial charge in [-0.1, -0.05) is 150 Å². The Hall–Kier alpha value is -8.79. The van der Waals surface area contributed by atoms with Gasteiger partial charge in [-0.05, 0) is 114 Å². The number of aromatic nitrogens is 1. The fourth-order valence-electron chi connectivity index (χ4n) is 12.1. The zero-order valence-corrected chi connectivity index (χ0v) is 46.8. The SMILES string of the molecule is COC(=O)C1[C@@H]2CN(C(=O)OCC3c4ccccc4-c4ccccc43)CC2ON1Cc1ccc(C#Cc2ccc(C)cc2)cc1.Cc1ccc(C#Cc2ccc(CN3OC4CNCC4C3C(=O)NCCc3c[nH]c4ccccc34)cc2)cc1. The molecule has 7 aromatic carbocycles. The number of methoxy groups -OCH3 is 1. The van der Waals surface area contributed by atoms with Crippen molar-refractivity contribution < 1.29 is 33.5 Å². The number of hydroxylamine groups is 4. The molecule has 13 heteroatoms. The highest BCUT2D eigenvalue weighted by Crippen LogP contribution is 2.45. The zero-order chi connectivity index (χ0) is 56.8. The quantitative estimate of drug-likeness (QED) is 0.0848. The molecular weight excluding hydrogens is 1040 g/mol. The molecule has 4 aliphatic heterocycles. The number of rotatable bonds is 11. The van der Waals surface area contributed by atoms with E-state index >= 15 is 0 Å². The number of benzene rings is 7. The second-order valence-electron chi connectivity index (χ2n) is 22.1. The van der Waals surface area contributed by atoms with Gasteiger partial charge >= 0.3 is 12.1 Å². The summed E-state index contributed by atoms with van der Waals surface area (Å²) in [5.41, 5.74) is 15.4. The van der Waals surface area contributed by atoms with Crippen molar-refractivity contribution in [3.63, 3.8) is 0 Å². The molecule has 6 atom stereocenters. The highest BCUT2D eigenvalue weighted by Gasteiger charge is 2.54. The number of hydrogen-bond donors (Lipinski definition) is 3. The van der Waals surface area contributed by atoms with E-state index in [0.717, 1.165) is 58.4 Å². The molecule has 0 spiro atoms. The minimum absolute atomic E-state index is 0.0158. The lowest BCUT2D eigenvalue weighted by Crippen LogP contribution is -2.47. The topological polar surface area (TPSA) is 138 Å². The van der Waals surface area contributed by atoms with Crippen LogP contribution in [-0.4, -0.2) is 109 Å². The van der Waals surface area contributed by atoms with E-state index in [2.05, 4.69) is 114 Å². The normalized spacial score (nSPS) is 20.4. The number of hydrogen-bond acceptors (Lipinski definition) is 10. The highest BCUT2D eigenvalue weighted by molar-refractivity contribution is 5.84. The van der Waals surface area contributed by atoms with Gasteiger partial charge in [-0.2, -0.15) is 10.1 Å². The summed E-state index contributed by atoms with van der Waals surface area (Å²) in [6, 6.07) is 56.3. The lowest BCUT2D eigenvalue weighted by atomic mass is 9.96. The Labute approximate surface area is 484 Å². The van der Waals surface area contributed by atoms with Crippen molar-refractivity contribution in [3.8, 4) is 34.8 Å². The molecule has 1 aromatic heterocycles. The van der Waals surface area contributed by atoms with Gasteiger partial charge in [-0.15, -0.1) is 0 Å². The predicted octanol–water partition coefficient (Wildman–Crippen LogP) is 9.87. The molecule has 0 bridgehead atoms. The lowest BCUT2D eigenvalue weighted by Gasteiger charge is -2.26. The summed E-state index contributed by atoms with van der Waals surface area (Å²) < 4.78 is 11.1. The molecular formula is C70H66N6O7. The summed E-state index contributed by atoms with van der Waals surface area (Å²) in [5.74, 6) is 12.4. The number of ether oxygens (including phenoxy) is 2. The number of nitrogens with one attached hydrogen (secondary N) is 3. The molecule has 13 nitrogen and oxygen atoms in total. The Bertz CT molecular complexity index is 3720. The molecule has 2 amide bonds. The average molecular weight is 1100 g/mol.